The molecule has 3 aliphatic carbocycles. The van der Waals surface area contributed by atoms with E-state index >= 15 is 0 Å². The van der Waals surface area contributed by atoms with E-state index < -0.39 is 0 Å². The number of fused-ring (bicyclic) bond motifs is 5. The van der Waals surface area contributed by atoms with Gasteiger partial charge < -0.3 is 0 Å². The number of rotatable bonds is 0. The van der Waals surface area contributed by atoms with Crippen molar-refractivity contribution < 1.29 is 4.79 Å². The predicted molar refractivity (Wildman–Crippen MR) is 55.6 cm³/mol. The number of allylic oxidation sites excluding steroid dienone is 4. The summed E-state index contributed by atoms with van der Waals surface area (Å²) in [6.07, 6.45) is 7.89. The second-order valence-corrected chi connectivity index (χ2v) is 4.95. The van der Waals surface area contributed by atoms with Gasteiger partial charge in [-0.25, -0.2) is 0 Å². The minimum Gasteiger partial charge on any atom is -0.294 e. The van der Waals surface area contributed by atoms with Crippen LogP contribution in [0.2, 0.25) is 0 Å². The van der Waals surface area contributed by atoms with E-state index in [0.717, 1.165) is 5.57 Å². The maximum atomic E-state index is 12.1. The molecule has 2 saturated carbocycles. The van der Waals surface area contributed by atoms with Crippen LogP contribution in [-0.4, -0.2) is 5.78 Å². The molecule has 0 amide bonds. The lowest BCUT2D eigenvalue weighted by Crippen LogP contribution is -2.20. The molecule has 74 valence electrons. The summed E-state index contributed by atoms with van der Waals surface area (Å²) >= 11 is 0. The summed E-state index contributed by atoms with van der Waals surface area (Å²) in [7, 11) is 0. The summed E-state index contributed by atoms with van der Waals surface area (Å²) in [5.41, 5.74) is 1.10. The fourth-order valence-electron chi connectivity index (χ4n) is 3.94. The summed E-state index contributed by atoms with van der Waals surface area (Å²) in [5.74, 6) is 3.17. The van der Waals surface area contributed by atoms with Gasteiger partial charge in [0.1, 0.15) is 0 Å². The Hall–Kier alpha value is -0.850. The van der Waals surface area contributed by atoms with Gasteiger partial charge in [-0.2, -0.15) is 0 Å². The van der Waals surface area contributed by atoms with Crippen molar-refractivity contribution in [1.29, 1.82) is 0 Å². The fourth-order valence-corrected chi connectivity index (χ4v) is 3.94. The Morgan fingerprint density at radius 2 is 2.07 bits per heavy atom. The lowest BCUT2D eigenvalue weighted by Gasteiger charge is -2.21. The van der Waals surface area contributed by atoms with Gasteiger partial charge in [0.25, 0.3) is 0 Å². The van der Waals surface area contributed by atoms with Crippen LogP contribution in [0.25, 0.3) is 0 Å². The van der Waals surface area contributed by atoms with E-state index in [-0.39, 0.29) is 0 Å². The number of carbonyl (C=O) groups excluding carboxylic acids is 1. The van der Waals surface area contributed by atoms with E-state index in [0.29, 0.717) is 35.4 Å². The minimum absolute atomic E-state index is 0.339. The van der Waals surface area contributed by atoms with Gasteiger partial charge >= 0.3 is 0 Å². The van der Waals surface area contributed by atoms with Crippen LogP contribution in [0.4, 0.5) is 0 Å². The van der Waals surface area contributed by atoms with Crippen LogP contribution in [0.5, 0.6) is 0 Å². The topological polar surface area (TPSA) is 17.1 Å². The van der Waals surface area contributed by atoms with Gasteiger partial charge in [0.2, 0.25) is 0 Å². The van der Waals surface area contributed by atoms with E-state index in [9.17, 15) is 4.79 Å². The Morgan fingerprint density at radius 1 is 1.36 bits per heavy atom. The van der Waals surface area contributed by atoms with Crippen molar-refractivity contribution in [2.24, 2.45) is 29.6 Å². The first-order valence-corrected chi connectivity index (χ1v) is 5.62. The largest absolute Gasteiger partial charge is 0.294 e. The molecule has 0 aromatic rings. The van der Waals surface area contributed by atoms with E-state index in [1.54, 1.807) is 0 Å². The number of ketones is 1. The predicted octanol–water partition coefficient (Wildman–Crippen LogP) is 2.59. The highest BCUT2D eigenvalue weighted by atomic mass is 16.1. The maximum Gasteiger partial charge on any atom is 0.162 e. The van der Waals surface area contributed by atoms with Crippen LogP contribution in [-0.2, 0) is 4.79 Å². The van der Waals surface area contributed by atoms with Crippen molar-refractivity contribution >= 4 is 5.78 Å². The second kappa shape index (κ2) is 2.59. The number of Topliss-reactive ketones (excluding diaryl/α,β-unsaturated/α-hetero) is 1. The van der Waals surface area contributed by atoms with Crippen molar-refractivity contribution in [1.82, 2.24) is 0 Å². The van der Waals surface area contributed by atoms with Gasteiger partial charge in [-0.3, -0.25) is 4.79 Å². The zero-order chi connectivity index (χ0) is 9.87. The molecule has 0 aromatic heterocycles. The van der Waals surface area contributed by atoms with Gasteiger partial charge in [-0.05, 0) is 42.6 Å². The number of hydrogen-bond acceptors (Lipinski definition) is 1. The molecule has 14 heavy (non-hydrogen) atoms. The van der Waals surface area contributed by atoms with E-state index in [4.69, 9.17) is 0 Å². The second-order valence-electron chi connectivity index (χ2n) is 4.95. The minimum atomic E-state index is 0.339. The van der Waals surface area contributed by atoms with Crippen molar-refractivity contribution in [2.75, 3.05) is 0 Å². The fraction of sp³-hybridized carbons (Fsp3) is 0.615. The van der Waals surface area contributed by atoms with Crippen LogP contribution in [0.15, 0.2) is 23.8 Å². The molecule has 3 rings (SSSR count). The summed E-state index contributed by atoms with van der Waals surface area (Å²) in [6.45, 7) is 4.23. The van der Waals surface area contributed by atoms with Crippen LogP contribution < -0.4 is 0 Å². The summed E-state index contributed by atoms with van der Waals surface area (Å²) in [4.78, 5) is 12.1. The molecule has 1 heteroatoms. The highest BCUT2D eigenvalue weighted by Gasteiger charge is 2.55. The Labute approximate surface area is 84.9 Å². The highest BCUT2D eigenvalue weighted by Crippen LogP contribution is 2.57. The molecule has 0 aliphatic heterocycles. The SMILES string of the molecule is C/C=C1/C(=O)C2C(C1C)[C@H]1C=C[C@@H]2C1. The lowest BCUT2D eigenvalue weighted by molar-refractivity contribution is -0.119. The van der Waals surface area contributed by atoms with Crippen molar-refractivity contribution in [3.63, 3.8) is 0 Å². The average molecular weight is 188 g/mol. The smallest absolute Gasteiger partial charge is 0.162 e. The zero-order valence-corrected chi connectivity index (χ0v) is 8.73. The van der Waals surface area contributed by atoms with E-state index in [1.807, 2.05) is 13.0 Å². The normalized spacial score (nSPS) is 52.0. The first kappa shape index (κ1) is 8.46. The first-order valence-electron chi connectivity index (χ1n) is 5.62. The van der Waals surface area contributed by atoms with Crippen LogP contribution in [0.1, 0.15) is 20.3 Å². The Balaban J connectivity index is 2.06. The molecule has 0 N–H and O–H groups in total. The Morgan fingerprint density at radius 3 is 2.71 bits per heavy atom. The van der Waals surface area contributed by atoms with Crippen LogP contribution in [0, 0.1) is 29.6 Å². The quantitative estimate of drug-likeness (QED) is 0.422. The molecule has 3 aliphatic rings. The zero-order valence-electron chi connectivity index (χ0n) is 8.73. The van der Waals surface area contributed by atoms with Gasteiger partial charge in [0.05, 0.1) is 0 Å². The summed E-state index contributed by atoms with van der Waals surface area (Å²) < 4.78 is 0. The number of carbonyl (C=O) groups is 1. The molecule has 0 saturated heterocycles. The number of hydrogen-bond donors (Lipinski definition) is 0. The van der Waals surface area contributed by atoms with Gasteiger partial charge in [-0.1, -0.05) is 25.2 Å². The molecule has 2 fully saturated rings. The standard InChI is InChI=1S/C13H16O/c1-3-10-7(2)11-8-4-5-9(6-8)12(11)13(10)14/h3-5,7-9,11-12H,6H2,1-2H3/b10-3+/t7?,8-,9+,11?,12?/m0/s1. The molecular formula is C13H16O. The molecule has 5 atom stereocenters. The first-order chi connectivity index (χ1) is 6.74. The van der Waals surface area contributed by atoms with Crippen LogP contribution in [0.3, 0.4) is 0 Å². The van der Waals surface area contributed by atoms with Crippen molar-refractivity contribution in [3.05, 3.63) is 23.8 Å². The molecule has 0 aromatic carbocycles. The summed E-state index contributed by atoms with van der Waals surface area (Å²) in [5, 5.41) is 0. The molecule has 0 radical (unpaired) electrons. The van der Waals surface area contributed by atoms with Crippen molar-refractivity contribution in [2.45, 2.75) is 20.3 Å². The van der Waals surface area contributed by atoms with Gasteiger partial charge in [-0.15, -0.1) is 0 Å². The third-order valence-electron chi connectivity index (χ3n) is 4.49. The van der Waals surface area contributed by atoms with Gasteiger partial charge in [0.15, 0.2) is 5.78 Å². The maximum absolute atomic E-state index is 12.1. The Kier molecular flexibility index (Phi) is 1.56. The monoisotopic (exact) mass is 188 g/mol. The van der Waals surface area contributed by atoms with Crippen molar-refractivity contribution in [3.8, 4) is 0 Å². The highest BCUT2D eigenvalue weighted by molar-refractivity contribution is 6.01. The lowest BCUT2D eigenvalue weighted by atomic mass is 9.81. The summed E-state index contributed by atoms with van der Waals surface area (Å²) in [6, 6.07) is 0. The molecular weight excluding hydrogens is 172 g/mol. The Bertz CT molecular complexity index is 350. The van der Waals surface area contributed by atoms with Gasteiger partial charge in [0, 0.05) is 5.92 Å². The molecule has 2 bridgehead atoms. The molecule has 0 spiro atoms. The van der Waals surface area contributed by atoms with Crippen LogP contribution >= 0.6 is 0 Å². The third-order valence-corrected chi connectivity index (χ3v) is 4.49. The molecule has 1 nitrogen and oxygen atoms in total. The van der Waals surface area contributed by atoms with E-state index in [1.165, 1.54) is 6.42 Å². The third kappa shape index (κ3) is 0.789. The van der Waals surface area contributed by atoms with E-state index in [2.05, 4.69) is 19.1 Å². The molecule has 0 heterocycles. The average Bonchev–Trinajstić information content (AvgIpc) is 2.80. The molecule has 3 unspecified atom stereocenters.